The highest BCUT2D eigenvalue weighted by Gasteiger charge is 2.27. The fourth-order valence-corrected chi connectivity index (χ4v) is 3.31. The SMILES string of the molecule is CNS(=O)(=O)N1CCN(c2nc(-c3ccc(C)cc3)no2)CC1. The Labute approximate surface area is 135 Å². The molecule has 8 nitrogen and oxygen atoms in total. The Balaban J connectivity index is 1.69. The fraction of sp³-hybridized carbons (Fsp3) is 0.429. The summed E-state index contributed by atoms with van der Waals surface area (Å²) in [5.41, 5.74) is 2.06. The summed E-state index contributed by atoms with van der Waals surface area (Å²) < 4.78 is 32.6. The predicted molar refractivity (Wildman–Crippen MR) is 86.2 cm³/mol. The number of aromatic nitrogens is 2. The molecule has 2 heterocycles. The zero-order valence-electron chi connectivity index (χ0n) is 13.1. The maximum Gasteiger partial charge on any atom is 0.324 e. The van der Waals surface area contributed by atoms with Crippen LogP contribution in [0.3, 0.4) is 0 Å². The largest absolute Gasteiger partial charge is 0.324 e. The van der Waals surface area contributed by atoms with E-state index in [1.54, 1.807) is 0 Å². The minimum atomic E-state index is -3.38. The van der Waals surface area contributed by atoms with Gasteiger partial charge < -0.3 is 9.42 Å². The van der Waals surface area contributed by atoms with Crippen LogP contribution in [0.1, 0.15) is 5.56 Å². The van der Waals surface area contributed by atoms with E-state index in [1.165, 1.54) is 16.9 Å². The summed E-state index contributed by atoms with van der Waals surface area (Å²) in [4.78, 5) is 6.30. The summed E-state index contributed by atoms with van der Waals surface area (Å²) in [6.45, 7) is 3.80. The molecular formula is C14H19N5O3S. The van der Waals surface area contributed by atoms with Gasteiger partial charge in [0.2, 0.25) is 5.82 Å². The fourth-order valence-electron chi connectivity index (χ4n) is 2.41. The van der Waals surface area contributed by atoms with Crippen LogP contribution in [0, 0.1) is 6.92 Å². The quantitative estimate of drug-likeness (QED) is 0.880. The molecule has 1 aromatic heterocycles. The van der Waals surface area contributed by atoms with Crippen molar-refractivity contribution in [2.45, 2.75) is 6.92 Å². The smallest absolute Gasteiger partial charge is 0.322 e. The van der Waals surface area contributed by atoms with E-state index in [2.05, 4.69) is 14.9 Å². The van der Waals surface area contributed by atoms with Gasteiger partial charge in [-0.2, -0.15) is 17.7 Å². The first-order valence-electron chi connectivity index (χ1n) is 7.34. The summed E-state index contributed by atoms with van der Waals surface area (Å²) in [5.74, 6) is 0.533. The van der Waals surface area contributed by atoms with Gasteiger partial charge in [-0.05, 0) is 6.92 Å². The van der Waals surface area contributed by atoms with Crippen molar-refractivity contribution in [2.24, 2.45) is 0 Å². The van der Waals surface area contributed by atoms with Gasteiger partial charge in [-0.15, -0.1) is 0 Å². The molecule has 9 heteroatoms. The third kappa shape index (κ3) is 3.36. The second kappa shape index (κ2) is 6.26. The van der Waals surface area contributed by atoms with E-state index in [0.29, 0.717) is 38.0 Å². The van der Waals surface area contributed by atoms with Crippen LogP contribution in [0.4, 0.5) is 6.01 Å². The van der Waals surface area contributed by atoms with Crippen LogP contribution in [0.2, 0.25) is 0 Å². The molecule has 0 unspecified atom stereocenters. The second-order valence-corrected chi connectivity index (χ2v) is 7.24. The van der Waals surface area contributed by atoms with Gasteiger partial charge in [-0.25, -0.2) is 4.72 Å². The molecule has 3 rings (SSSR count). The van der Waals surface area contributed by atoms with Gasteiger partial charge in [0.25, 0.3) is 10.2 Å². The first-order valence-corrected chi connectivity index (χ1v) is 8.78. The molecule has 23 heavy (non-hydrogen) atoms. The normalized spacial score (nSPS) is 16.7. The van der Waals surface area contributed by atoms with Crippen LogP contribution in [0.25, 0.3) is 11.4 Å². The highest BCUT2D eigenvalue weighted by atomic mass is 32.2. The van der Waals surface area contributed by atoms with Crippen LogP contribution in [0.15, 0.2) is 28.8 Å². The van der Waals surface area contributed by atoms with E-state index in [4.69, 9.17) is 4.52 Å². The second-order valence-electron chi connectivity index (χ2n) is 5.36. The molecular weight excluding hydrogens is 318 g/mol. The van der Waals surface area contributed by atoms with Gasteiger partial charge in [-0.3, -0.25) is 0 Å². The van der Waals surface area contributed by atoms with Gasteiger partial charge in [0.15, 0.2) is 0 Å². The number of hydrogen-bond donors (Lipinski definition) is 1. The van der Waals surface area contributed by atoms with Crippen LogP contribution in [-0.4, -0.2) is 56.1 Å². The van der Waals surface area contributed by atoms with E-state index in [0.717, 1.165) is 5.56 Å². The van der Waals surface area contributed by atoms with Crippen LogP contribution in [0.5, 0.6) is 0 Å². The van der Waals surface area contributed by atoms with Crippen molar-refractivity contribution in [3.8, 4) is 11.4 Å². The van der Waals surface area contributed by atoms with E-state index >= 15 is 0 Å². The van der Waals surface area contributed by atoms with Gasteiger partial charge in [0.1, 0.15) is 0 Å². The first kappa shape index (κ1) is 15.9. The average molecular weight is 337 g/mol. The van der Waals surface area contributed by atoms with Crippen molar-refractivity contribution in [1.82, 2.24) is 19.2 Å². The van der Waals surface area contributed by atoms with Crippen molar-refractivity contribution in [3.63, 3.8) is 0 Å². The van der Waals surface area contributed by atoms with Crippen molar-refractivity contribution in [2.75, 3.05) is 38.1 Å². The number of piperazine rings is 1. The minimum absolute atomic E-state index is 0.380. The van der Waals surface area contributed by atoms with Crippen molar-refractivity contribution >= 4 is 16.2 Å². The van der Waals surface area contributed by atoms with Gasteiger partial charge in [0, 0.05) is 38.8 Å². The summed E-state index contributed by atoms with van der Waals surface area (Å²) in [6.07, 6.45) is 0. The van der Waals surface area contributed by atoms with Crippen molar-refractivity contribution < 1.29 is 12.9 Å². The molecule has 1 aliphatic rings. The molecule has 0 spiro atoms. The maximum atomic E-state index is 11.8. The third-order valence-electron chi connectivity index (χ3n) is 3.83. The zero-order chi connectivity index (χ0) is 16.4. The monoisotopic (exact) mass is 337 g/mol. The maximum absolute atomic E-state index is 11.8. The lowest BCUT2D eigenvalue weighted by molar-refractivity contribution is 0.352. The Hall–Kier alpha value is -1.97. The van der Waals surface area contributed by atoms with Crippen LogP contribution in [-0.2, 0) is 10.2 Å². The number of nitrogens with zero attached hydrogens (tertiary/aromatic N) is 4. The molecule has 0 bridgehead atoms. The van der Waals surface area contributed by atoms with Gasteiger partial charge in [0.05, 0.1) is 0 Å². The molecule has 2 aromatic rings. The van der Waals surface area contributed by atoms with E-state index in [1.807, 2.05) is 36.1 Å². The molecule has 1 aliphatic heterocycles. The number of aryl methyl sites for hydroxylation is 1. The van der Waals surface area contributed by atoms with E-state index in [9.17, 15) is 8.42 Å². The lowest BCUT2D eigenvalue weighted by atomic mass is 10.1. The van der Waals surface area contributed by atoms with E-state index in [-0.39, 0.29) is 0 Å². The number of nitrogens with one attached hydrogen (secondary N) is 1. The molecule has 0 amide bonds. The molecule has 0 atom stereocenters. The lowest BCUT2D eigenvalue weighted by Crippen LogP contribution is -2.51. The molecule has 0 radical (unpaired) electrons. The van der Waals surface area contributed by atoms with Gasteiger partial charge >= 0.3 is 6.01 Å². The molecule has 0 aliphatic carbocycles. The van der Waals surface area contributed by atoms with Crippen molar-refractivity contribution in [1.29, 1.82) is 0 Å². The Morgan fingerprint density at radius 3 is 2.39 bits per heavy atom. The highest BCUT2D eigenvalue weighted by molar-refractivity contribution is 7.87. The van der Waals surface area contributed by atoms with Crippen LogP contribution < -0.4 is 9.62 Å². The Morgan fingerprint density at radius 2 is 1.78 bits per heavy atom. The molecule has 1 aromatic carbocycles. The summed E-state index contributed by atoms with van der Waals surface area (Å²) >= 11 is 0. The Bertz CT molecular complexity index is 764. The number of benzene rings is 1. The highest BCUT2D eigenvalue weighted by Crippen LogP contribution is 2.21. The molecule has 124 valence electrons. The van der Waals surface area contributed by atoms with Crippen LogP contribution >= 0.6 is 0 Å². The summed E-state index contributed by atoms with van der Waals surface area (Å²) in [5, 5.41) is 4.00. The molecule has 0 saturated carbocycles. The predicted octanol–water partition coefficient (Wildman–Crippen LogP) is 0.631. The number of hydrogen-bond acceptors (Lipinski definition) is 6. The number of rotatable bonds is 4. The molecule has 1 saturated heterocycles. The molecule has 1 fully saturated rings. The average Bonchev–Trinajstić information content (AvgIpc) is 3.05. The first-order chi connectivity index (χ1) is 11.0. The Morgan fingerprint density at radius 1 is 1.13 bits per heavy atom. The standard InChI is InChI=1S/C14H19N5O3S/c1-11-3-5-12(6-4-11)13-16-14(22-17-13)18-7-9-19(10-8-18)23(20,21)15-2/h3-6,15H,7-10H2,1-2H3. The summed E-state index contributed by atoms with van der Waals surface area (Å²) in [7, 11) is -1.97. The molecule has 1 N–H and O–H groups in total. The Kier molecular flexibility index (Phi) is 4.33. The summed E-state index contributed by atoms with van der Waals surface area (Å²) in [6, 6.07) is 8.30. The lowest BCUT2D eigenvalue weighted by Gasteiger charge is -2.32. The minimum Gasteiger partial charge on any atom is -0.322 e. The van der Waals surface area contributed by atoms with Crippen molar-refractivity contribution in [3.05, 3.63) is 29.8 Å². The van der Waals surface area contributed by atoms with E-state index < -0.39 is 10.2 Å². The topological polar surface area (TPSA) is 91.6 Å². The van der Waals surface area contributed by atoms with Gasteiger partial charge in [-0.1, -0.05) is 35.0 Å². The zero-order valence-corrected chi connectivity index (χ0v) is 13.9. The third-order valence-corrected chi connectivity index (χ3v) is 5.39. The number of anilines is 1.